The molecular weight excluding hydrogens is 188 g/mol. The van der Waals surface area contributed by atoms with E-state index >= 15 is 0 Å². The molecule has 1 saturated heterocycles. The number of hydrogen-bond acceptors (Lipinski definition) is 4. The van der Waals surface area contributed by atoms with Gasteiger partial charge in [0, 0.05) is 18.3 Å². The van der Waals surface area contributed by atoms with E-state index in [1.165, 1.54) is 0 Å². The smallest absolute Gasteiger partial charge is 0.144 e. The van der Waals surface area contributed by atoms with E-state index in [2.05, 4.69) is 21.7 Å². The van der Waals surface area contributed by atoms with Gasteiger partial charge in [-0.05, 0) is 32.0 Å². The predicted octanol–water partition coefficient (Wildman–Crippen LogP) is 1.04. The Bertz CT molecular complexity index is 388. The van der Waals surface area contributed by atoms with Gasteiger partial charge in [-0.3, -0.25) is 0 Å². The maximum absolute atomic E-state index is 8.94. The molecule has 0 aliphatic carbocycles. The van der Waals surface area contributed by atoms with Crippen LogP contribution in [0.3, 0.4) is 0 Å². The zero-order chi connectivity index (χ0) is 10.7. The first-order valence-corrected chi connectivity index (χ1v) is 5.14. The molecule has 4 heteroatoms. The van der Waals surface area contributed by atoms with E-state index in [-0.39, 0.29) is 0 Å². The van der Waals surface area contributed by atoms with Crippen molar-refractivity contribution < 1.29 is 0 Å². The predicted molar refractivity (Wildman–Crippen MR) is 58.6 cm³/mol. The lowest BCUT2D eigenvalue weighted by Gasteiger charge is -2.13. The second-order valence-electron chi connectivity index (χ2n) is 3.79. The van der Waals surface area contributed by atoms with Gasteiger partial charge in [0.2, 0.25) is 0 Å². The Morgan fingerprint density at radius 2 is 2.47 bits per heavy atom. The molecule has 1 unspecified atom stereocenters. The van der Waals surface area contributed by atoms with Crippen LogP contribution in [-0.2, 0) is 0 Å². The average Bonchev–Trinajstić information content (AvgIpc) is 2.71. The van der Waals surface area contributed by atoms with Gasteiger partial charge >= 0.3 is 0 Å². The standard InChI is InChI=1S/C11H14N4/c1-8-2-3-9(6-12)11(14-8)15-10-4-5-13-7-10/h2-3,10,13H,4-5,7H2,1H3,(H,14,15). The summed E-state index contributed by atoms with van der Waals surface area (Å²) in [6, 6.07) is 6.22. The number of nitriles is 1. The van der Waals surface area contributed by atoms with Gasteiger partial charge in [-0.1, -0.05) is 0 Å². The van der Waals surface area contributed by atoms with E-state index in [1.807, 2.05) is 19.1 Å². The molecule has 0 saturated carbocycles. The van der Waals surface area contributed by atoms with Crippen molar-refractivity contribution in [3.8, 4) is 6.07 Å². The molecule has 0 radical (unpaired) electrons. The van der Waals surface area contributed by atoms with Crippen molar-refractivity contribution in [1.82, 2.24) is 10.3 Å². The van der Waals surface area contributed by atoms with Crippen LogP contribution in [0.4, 0.5) is 5.82 Å². The summed E-state index contributed by atoms with van der Waals surface area (Å²) in [4.78, 5) is 4.35. The molecule has 1 aliphatic rings. The quantitative estimate of drug-likeness (QED) is 0.752. The number of rotatable bonds is 2. The highest BCUT2D eigenvalue weighted by Gasteiger charge is 2.15. The first-order valence-electron chi connectivity index (χ1n) is 5.14. The molecule has 1 atom stereocenters. The topological polar surface area (TPSA) is 60.7 Å². The van der Waals surface area contributed by atoms with Gasteiger partial charge in [0.05, 0.1) is 5.56 Å². The van der Waals surface area contributed by atoms with E-state index in [0.29, 0.717) is 17.4 Å². The summed E-state index contributed by atoms with van der Waals surface area (Å²) >= 11 is 0. The van der Waals surface area contributed by atoms with Crippen molar-refractivity contribution in [3.05, 3.63) is 23.4 Å². The highest BCUT2D eigenvalue weighted by molar-refractivity contribution is 5.52. The lowest BCUT2D eigenvalue weighted by Crippen LogP contribution is -2.23. The molecule has 0 spiro atoms. The number of nitrogens with zero attached hydrogens (tertiary/aromatic N) is 2. The Balaban J connectivity index is 2.18. The molecule has 4 nitrogen and oxygen atoms in total. The molecule has 2 heterocycles. The maximum Gasteiger partial charge on any atom is 0.144 e. The third-order valence-electron chi connectivity index (χ3n) is 2.56. The number of nitrogens with one attached hydrogen (secondary N) is 2. The minimum Gasteiger partial charge on any atom is -0.365 e. The average molecular weight is 202 g/mol. The van der Waals surface area contributed by atoms with Crippen LogP contribution in [0.1, 0.15) is 17.7 Å². The maximum atomic E-state index is 8.94. The number of aromatic nitrogens is 1. The SMILES string of the molecule is Cc1ccc(C#N)c(NC2CCNC2)n1. The van der Waals surface area contributed by atoms with Crippen LogP contribution < -0.4 is 10.6 Å². The van der Waals surface area contributed by atoms with Gasteiger partial charge in [-0.2, -0.15) is 5.26 Å². The zero-order valence-electron chi connectivity index (χ0n) is 8.75. The van der Waals surface area contributed by atoms with Gasteiger partial charge < -0.3 is 10.6 Å². The molecule has 2 N–H and O–H groups in total. The van der Waals surface area contributed by atoms with Gasteiger partial charge in [-0.25, -0.2) is 4.98 Å². The Labute approximate surface area is 89.3 Å². The molecule has 15 heavy (non-hydrogen) atoms. The molecule has 1 aromatic rings. The molecule has 78 valence electrons. The summed E-state index contributed by atoms with van der Waals surface area (Å²) in [6.07, 6.45) is 1.08. The molecule has 1 fully saturated rings. The third-order valence-corrected chi connectivity index (χ3v) is 2.56. The summed E-state index contributed by atoms with van der Waals surface area (Å²) in [6.45, 7) is 3.91. The monoisotopic (exact) mass is 202 g/mol. The molecule has 2 rings (SSSR count). The van der Waals surface area contributed by atoms with Crippen molar-refractivity contribution in [3.63, 3.8) is 0 Å². The van der Waals surface area contributed by atoms with Crippen molar-refractivity contribution >= 4 is 5.82 Å². The van der Waals surface area contributed by atoms with Crippen molar-refractivity contribution in [1.29, 1.82) is 5.26 Å². The Kier molecular flexibility index (Phi) is 2.84. The summed E-state index contributed by atoms with van der Waals surface area (Å²) in [5, 5.41) is 15.5. The second-order valence-corrected chi connectivity index (χ2v) is 3.79. The number of hydrogen-bond donors (Lipinski definition) is 2. The van der Waals surface area contributed by atoms with Gasteiger partial charge in [0.25, 0.3) is 0 Å². The summed E-state index contributed by atoms with van der Waals surface area (Å²) in [7, 11) is 0. The minimum atomic E-state index is 0.395. The van der Waals surface area contributed by atoms with Crippen LogP contribution in [0.15, 0.2) is 12.1 Å². The Hall–Kier alpha value is -1.60. The van der Waals surface area contributed by atoms with Crippen molar-refractivity contribution in [2.45, 2.75) is 19.4 Å². The highest BCUT2D eigenvalue weighted by Crippen LogP contribution is 2.15. The normalized spacial score (nSPS) is 19.9. The van der Waals surface area contributed by atoms with Crippen LogP contribution in [-0.4, -0.2) is 24.1 Å². The van der Waals surface area contributed by atoms with Crippen LogP contribution in [0.25, 0.3) is 0 Å². The molecule has 0 bridgehead atoms. The van der Waals surface area contributed by atoms with E-state index in [0.717, 1.165) is 25.2 Å². The number of aryl methyl sites for hydroxylation is 1. The van der Waals surface area contributed by atoms with E-state index < -0.39 is 0 Å². The van der Waals surface area contributed by atoms with E-state index in [4.69, 9.17) is 5.26 Å². The Morgan fingerprint density at radius 1 is 1.60 bits per heavy atom. The van der Waals surface area contributed by atoms with Crippen LogP contribution in [0.2, 0.25) is 0 Å². The molecule has 0 amide bonds. The largest absolute Gasteiger partial charge is 0.365 e. The first-order chi connectivity index (χ1) is 7.29. The van der Waals surface area contributed by atoms with Crippen LogP contribution in [0.5, 0.6) is 0 Å². The van der Waals surface area contributed by atoms with Gasteiger partial charge in [0.15, 0.2) is 0 Å². The van der Waals surface area contributed by atoms with Crippen LogP contribution >= 0.6 is 0 Å². The molecule has 0 aromatic carbocycles. The molecule has 1 aromatic heterocycles. The summed E-state index contributed by atoms with van der Waals surface area (Å²) < 4.78 is 0. The summed E-state index contributed by atoms with van der Waals surface area (Å²) in [5.74, 6) is 0.714. The number of anilines is 1. The van der Waals surface area contributed by atoms with E-state index in [1.54, 1.807) is 0 Å². The highest BCUT2D eigenvalue weighted by atomic mass is 15.1. The minimum absolute atomic E-state index is 0.395. The van der Waals surface area contributed by atoms with Crippen molar-refractivity contribution in [2.75, 3.05) is 18.4 Å². The van der Waals surface area contributed by atoms with Gasteiger partial charge in [0.1, 0.15) is 11.9 Å². The number of pyridine rings is 1. The van der Waals surface area contributed by atoms with Crippen LogP contribution in [0, 0.1) is 18.3 Å². The molecular formula is C11H14N4. The Morgan fingerprint density at radius 3 is 3.13 bits per heavy atom. The fraction of sp³-hybridized carbons (Fsp3) is 0.455. The first kappa shape index (κ1) is 9.94. The lowest BCUT2D eigenvalue weighted by molar-refractivity contribution is 0.786. The second kappa shape index (κ2) is 4.28. The molecule has 1 aliphatic heterocycles. The fourth-order valence-electron chi connectivity index (χ4n) is 1.73. The van der Waals surface area contributed by atoms with E-state index in [9.17, 15) is 0 Å². The summed E-state index contributed by atoms with van der Waals surface area (Å²) in [5.41, 5.74) is 1.55. The fourth-order valence-corrected chi connectivity index (χ4v) is 1.73. The zero-order valence-corrected chi connectivity index (χ0v) is 8.75. The van der Waals surface area contributed by atoms with Crippen molar-refractivity contribution in [2.24, 2.45) is 0 Å². The third kappa shape index (κ3) is 2.25. The lowest BCUT2D eigenvalue weighted by atomic mass is 10.2. The van der Waals surface area contributed by atoms with Gasteiger partial charge in [-0.15, -0.1) is 0 Å².